The molecule has 0 saturated carbocycles. The maximum Gasteiger partial charge on any atom is 0.135 e. The van der Waals surface area contributed by atoms with E-state index in [1.807, 2.05) is 12.1 Å². The number of anilines is 9. The Morgan fingerprint density at radius 1 is 0.327 bits per heavy atom. The third-order valence-corrected chi connectivity index (χ3v) is 9.96. The van der Waals surface area contributed by atoms with Crippen molar-refractivity contribution >= 4 is 73.1 Å². The molecule has 52 heavy (non-hydrogen) atoms. The van der Waals surface area contributed by atoms with Crippen molar-refractivity contribution in [3.63, 3.8) is 0 Å². The smallest absolute Gasteiger partial charge is 0.135 e. The number of rotatable bonds is 6. The standard InChI is InChI=1S/C48H33N3O/c1-3-13-34(14-4-1)35-23-25-37(26-24-35)49(40-31-32-48-42(33-40)41-17-7-12-22-47(41)52-48)38-27-29-39(30-28-38)51-45-20-10-8-18-43(45)50(36-15-5-2-6-16-36)44-19-9-11-21-46(44)51/h1-33H. The number of nitrogens with zero attached hydrogens (tertiary/aromatic N) is 3. The first-order valence-electron chi connectivity index (χ1n) is 17.6. The van der Waals surface area contributed by atoms with Crippen molar-refractivity contribution in [3.05, 3.63) is 200 Å². The van der Waals surface area contributed by atoms with Gasteiger partial charge in [-0.1, -0.05) is 103 Å². The number of fused-ring (bicyclic) bond motifs is 5. The van der Waals surface area contributed by atoms with Crippen molar-refractivity contribution in [2.45, 2.75) is 0 Å². The largest absolute Gasteiger partial charge is 0.456 e. The van der Waals surface area contributed by atoms with Crippen molar-refractivity contribution in [1.29, 1.82) is 0 Å². The van der Waals surface area contributed by atoms with Gasteiger partial charge in [-0.3, -0.25) is 0 Å². The summed E-state index contributed by atoms with van der Waals surface area (Å²) in [5.74, 6) is 0. The second-order valence-electron chi connectivity index (χ2n) is 13.0. The van der Waals surface area contributed by atoms with Gasteiger partial charge in [0.2, 0.25) is 0 Å². The van der Waals surface area contributed by atoms with Crippen LogP contribution in [-0.2, 0) is 0 Å². The van der Waals surface area contributed by atoms with E-state index >= 15 is 0 Å². The minimum Gasteiger partial charge on any atom is -0.456 e. The maximum atomic E-state index is 6.21. The topological polar surface area (TPSA) is 22.9 Å². The molecule has 8 aromatic carbocycles. The molecule has 0 N–H and O–H groups in total. The molecule has 9 aromatic rings. The minimum absolute atomic E-state index is 0.881. The Balaban J connectivity index is 1.09. The van der Waals surface area contributed by atoms with E-state index in [1.54, 1.807) is 0 Å². The fourth-order valence-corrected chi connectivity index (χ4v) is 7.56. The molecule has 4 nitrogen and oxygen atoms in total. The van der Waals surface area contributed by atoms with Gasteiger partial charge in [-0.2, -0.15) is 0 Å². The second-order valence-corrected chi connectivity index (χ2v) is 13.0. The normalized spacial score (nSPS) is 12.2. The summed E-state index contributed by atoms with van der Waals surface area (Å²) in [5, 5.41) is 2.21. The zero-order valence-corrected chi connectivity index (χ0v) is 28.3. The number of furan rings is 1. The van der Waals surface area contributed by atoms with Gasteiger partial charge in [0.05, 0.1) is 22.7 Å². The Bertz CT molecular complexity index is 2640. The Hall–Kier alpha value is -7.04. The van der Waals surface area contributed by atoms with Crippen LogP contribution in [0.3, 0.4) is 0 Å². The van der Waals surface area contributed by atoms with Gasteiger partial charge >= 0.3 is 0 Å². The highest BCUT2D eigenvalue weighted by Gasteiger charge is 2.30. The van der Waals surface area contributed by atoms with Crippen LogP contribution in [0.25, 0.3) is 33.1 Å². The van der Waals surface area contributed by atoms with Gasteiger partial charge < -0.3 is 19.1 Å². The second kappa shape index (κ2) is 12.4. The molecule has 2 heterocycles. The van der Waals surface area contributed by atoms with E-state index in [1.165, 1.54) is 11.1 Å². The summed E-state index contributed by atoms with van der Waals surface area (Å²) in [6, 6.07) is 70.9. The fraction of sp³-hybridized carbons (Fsp3) is 0. The molecule has 0 amide bonds. The summed E-state index contributed by atoms with van der Waals surface area (Å²) in [7, 11) is 0. The van der Waals surface area contributed by atoms with Crippen LogP contribution in [-0.4, -0.2) is 0 Å². The highest BCUT2D eigenvalue weighted by Crippen LogP contribution is 2.54. The predicted octanol–water partition coefficient (Wildman–Crippen LogP) is 14.0. The highest BCUT2D eigenvalue weighted by molar-refractivity contribution is 6.07. The van der Waals surface area contributed by atoms with E-state index in [4.69, 9.17) is 4.42 Å². The summed E-state index contributed by atoms with van der Waals surface area (Å²) in [6.07, 6.45) is 0. The average molecular weight is 668 g/mol. The van der Waals surface area contributed by atoms with E-state index < -0.39 is 0 Å². The van der Waals surface area contributed by atoms with E-state index in [9.17, 15) is 0 Å². The summed E-state index contributed by atoms with van der Waals surface area (Å²) in [5.41, 5.74) is 14.1. The molecule has 0 radical (unpaired) electrons. The van der Waals surface area contributed by atoms with Crippen LogP contribution >= 0.6 is 0 Å². The third-order valence-electron chi connectivity index (χ3n) is 9.96. The van der Waals surface area contributed by atoms with Crippen molar-refractivity contribution in [2.24, 2.45) is 0 Å². The van der Waals surface area contributed by atoms with Crippen LogP contribution in [0.15, 0.2) is 205 Å². The lowest BCUT2D eigenvalue weighted by Gasteiger charge is -2.40. The van der Waals surface area contributed by atoms with Gasteiger partial charge in [0.25, 0.3) is 0 Å². The van der Waals surface area contributed by atoms with Crippen LogP contribution in [0, 0.1) is 0 Å². The zero-order chi connectivity index (χ0) is 34.4. The van der Waals surface area contributed by atoms with Crippen LogP contribution in [0.1, 0.15) is 0 Å². The first-order valence-corrected chi connectivity index (χ1v) is 17.6. The molecule has 1 aliphatic heterocycles. The van der Waals surface area contributed by atoms with Crippen molar-refractivity contribution in [3.8, 4) is 11.1 Å². The Kier molecular flexibility index (Phi) is 7.10. The van der Waals surface area contributed by atoms with Gasteiger partial charge in [0.1, 0.15) is 11.2 Å². The molecule has 1 aromatic heterocycles. The molecule has 0 aliphatic carbocycles. The average Bonchev–Trinajstić information content (AvgIpc) is 3.59. The number of hydrogen-bond donors (Lipinski definition) is 0. The van der Waals surface area contributed by atoms with Crippen LogP contribution in [0.4, 0.5) is 51.2 Å². The molecule has 1 aliphatic rings. The van der Waals surface area contributed by atoms with Gasteiger partial charge in [0.15, 0.2) is 0 Å². The molecule has 4 heteroatoms. The van der Waals surface area contributed by atoms with Gasteiger partial charge in [-0.15, -0.1) is 0 Å². The minimum atomic E-state index is 0.881. The molecular formula is C48H33N3O. The SMILES string of the molecule is c1ccc(-c2ccc(N(c3ccc(N4c5ccccc5N(c5ccccc5)c5ccccc54)cc3)c3ccc4oc5ccccc5c4c3)cc2)cc1. The summed E-state index contributed by atoms with van der Waals surface area (Å²) in [4.78, 5) is 7.05. The van der Waals surface area contributed by atoms with Gasteiger partial charge in [-0.05, 0) is 108 Å². The number of hydrogen-bond acceptors (Lipinski definition) is 4. The van der Waals surface area contributed by atoms with Crippen molar-refractivity contribution < 1.29 is 4.42 Å². The lowest BCUT2D eigenvalue weighted by atomic mass is 10.0. The highest BCUT2D eigenvalue weighted by atomic mass is 16.3. The van der Waals surface area contributed by atoms with Crippen LogP contribution in [0.2, 0.25) is 0 Å². The molecule has 0 atom stereocenters. The molecule has 0 bridgehead atoms. The van der Waals surface area contributed by atoms with Crippen molar-refractivity contribution in [1.82, 2.24) is 0 Å². The predicted molar refractivity (Wildman–Crippen MR) is 217 cm³/mol. The Labute approximate surface area is 302 Å². The van der Waals surface area contributed by atoms with E-state index in [0.717, 1.165) is 73.1 Å². The van der Waals surface area contributed by atoms with Crippen molar-refractivity contribution in [2.75, 3.05) is 14.7 Å². The molecular weight excluding hydrogens is 635 g/mol. The lowest BCUT2D eigenvalue weighted by Crippen LogP contribution is -2.23. The quantitative estimate of drug-likeness (QED) is 0.176. The Morgan fingerprint density at radius 3 is 1.38 bits per heavy atom. The first kappa shape index (κ1) is 29.8. The molecule has 10 rings (SSSR count). The monoisotopic (exact) mass is 667 g/mol. The lowest BCUT2D eigenvalue weighted by molar-refractivity contribution is 0.669. The Morgan fingerprint density at radius 2 is 0.769 bits per heavy atom. The maximum absolute atomic E-state index is 6.21. The summed E-state index contributed by atoms with van der Waals surface area (Å²) < 4.78 is 6.21. The summed E-state index contributed by atoms with van der Waals surface area (Å²) >= 11 is 0. The molecule has 246 valence electrons. The van der Waals surface area contributed by atoms with Gasteiger partial charge in [0, 0.05) is 39.2 Å². The molecule has 0 fully saturated rings. The third kappa shape index (κ3) is 5.00. The van der Waals surface area contributed by atoms with E-state index in [0.29, 0.717) is 0 Å². The first-order chi connectivity index (χ1) is 25.8. The molecule has 0 spiro atoms. The zero-order valence-electron chi connectivity index (χ0n) is 28.3. The van der Waals surface area contributed by atoms with E-state index in [-0.39, 0.29) is 0 Å². The molecule has 0 unspecified atom stereocenters. The summed E-state index contributed by atoms with van der Waals surface area (Å²) in [6.45, 7) is 0. The van der Waals surface area contributed by atoms with Crippen LogP contribution < -0.4 is 14.7 Å². The van der Waals surface area contributed by atoms with E-state index in [2.05, 4.69) is 203 Å². The molecule has 0 saturated heterocycles. The number of para-hydroxylation sites is 6. The van der Waals surface area contributed by atoms with Crippen LogP contribution in [0.5, 0.6) is 0 Å². The fourth-order valence-electron chi connectivity index (χ4n) is 7.56. The van der Waals surface area contributed by atoms with Gasteiger partial charge in [-0.25, -0.2) is 0 Å². The number of benzene rings is 8.